The number of hydrogen-bond donors (Lipinski definition) is 1. The number of benzene rings is 2. The van der Waals surface area contributed by atoms with Crippen LogP contribution in [0.4, 0.5) is 5.69 Å². The third-order valence-corrected chi connectivity index (χ3v) is 5.15. The lowest BCUT2D eigenvalue weighted by molar-refractivity contribution is 0.102. The van der Waals surface area contributed by atoms with Crippen molar-refractivity contribution in [1.82, 2.24) is 4.90 Å². The van der Waals surface area contributed by atoms with Crippen LogP contribution in [0.15, 0.2) is 42.5 Å². The molecule has 0 atom stereocenters. The van der Waals surface area contributed by atoms with Gasteiger partial charge in [-0.25, -0.2) is 0 Å². The van der Waals surface area contributed by atoms with Crippen LogP contribution in [0.5, 0.6) is 11.5 Å². The van der Waals surface area contributed by atoms with Crippen LogP contribution >= 0.6 is 0 Å². The fourth-order valence-electron chi connectivity index (χ4n) is 3.35. The Bertz CT molecular complexity index is 766. The quantitative estimate of drug-likeness (QED) is 0.831. The molecule has 1 heterocycles. The number of nitrogens with one attached hydrogen (secondary N) is 1. The van der Waals surface area contributed by atoms with Crippen molar-refractivity contribution in [3.63, 3.8) is 0 Å². The van der Waals surface area contributed by atoms with Gasteiger partial charge in [-0.2, -0.15) is 0 Å². The Hall–Kier alpha value is -2.53. The molecule has 1 aliphatic rings. The average Bonchev–Trinajstić information content (AvgIpc) is 2.70. The topological polar surface area (TPSA) is 50.8 Å². The summed E-state index contributed by atoms with van der Waals surface area (Å²) in [6, 6.07) is 13.2. The molecule has 0 aliphatic carbocycles. The first kappa shape index (κ1) is 19.2. The Kier molecular flexibility index (Phi) is 6.35. The van der Waals surface area contributed by atoms with E-state index >= 15 is 0 Å². The summed E-state index contributed by atoms with van der Waals surface area (Å²) in [5, 5.41) is 2.90. The van der Waals surface area contributed by atoms with Crippen LogP contribution < -0.4 is 14.8 Å². The third kappa shape index (κ3) is 5.01. The summed E-state index contributed by atoms with van der Waals surface area (Å²) in [6.45, 7) is 5.57. The molecule has 0 saturated carbocycles. The van der Waals surface area contributed by atoms with Gasteiger partial charge in [-0.3, -0.25) is 9.69 Å². The number of anilines is 1. The second kappa shape index (κ2) is 8.91. The third-order valence-electron chi connectivity index (χ3n) is 5.15. The molecule has 0 spiro atoms. The molecule has 2 aromatic carbocycles. The van der Waals surface area contributed by atoms with Crippen molar-refractivity contribution >= 4 is 11.6 Å². The number of carbonyl (C=O) groups excluding carboxylic acids is 1. The molecule has 1 saturated heterocycles. The van der Waals surface area contributed by atoms with Gasteiger partial charge in [0, 0.05) is 18.2 Å². The smallest absolute Gasteiger partial charge is 0.255 e. The highest BCUT2D eigenvalue weighted by molar-refractivity contribution is 6.05. The zero-order chi connectivity index (χ0) is 19.2. The summed E-state index contributed by atoms with van der Waals surface area (Å²) < 4.78 is 10.5. The zero-order valence-electron chi connectivity index (χ0n) is 16.3. The van der Waals surface area contributed by atoms with Crippen molar-refractivity contribution in [2.45, 2.75) is 26.3 Å². The fraction of sp³-hybridized carbons (Fsp3) is 0.409. The number of nitrogens with zero attached hydrogens (tertiary/aromatic N) is 1. The monoisotopic (exact) mass is 368 g/mol. The number of rotatable bonds is 6. The molecule has 0 unspecified atom stereocenters. The molecule has 0 radical (unpaired) electrons. The molecular formula is C22H28N2O3. The maximum absolute atomic E-state index is 12.6. The molecule has 5 nitrogen and oxygen atoms in total. The summed E-state index contributed by atoms with van der Waals surface area (Å²) in [5.74, 6) is 1.93. The number of carbonyl (C=O) groups is 1. The minimum Gasteiger partial charge on any atom is -0.497 e. The van der Waals surface area contributed by atoms with Gasteiger partial charge in [0.15, 0.2) is 0 Å². The van der Waals surface area contributed by atoms with E-state index < -0.39 is 0 Å². The lowest BCUT2D eigenvalue weighted by Gasteiger charge is -2.30. The van der Waals surface area contributed by atoms with Crippen LogP contribution in [0.3, 0.4) is 0 Å². The van der Waals surface area contributed by atoms with E-state index in [1.165, 1.54) is 18.4 Å². The SMILES string of the molecule is COc1ccc(OC)c(NC(=O)c2ccc(CN3CCC(C)CC3)cc2)c1. The molecule has 0 bridgehead atoms. The first-order valence-electron chi connectivity index (χ1n) is 9.43. The fourth-order valence-corrected chi connectivity index (χ4v) is 3.35. The van der Waals surface area contributed by atoms with E-state index in [2.05, 4.69) is 17.1 Å². The zero-order valence-corrected chi connectivity index (χ0v) is 16.3. The van der Waals surface area contributed by atoms with Crippen molar-refractivity contribution in [3.8, 4) is 11.5 Å². The summed E-state index contributed by atoms with van der Waals surface area (Å²) in [5.41, 5.74) is 2.45. The number of methoxy groups -OCH3 is 2. The number of amides is 1. The standard InChI is InChI=1S/C22H28N2O3/c1-16-10-12-24(13-11-16)15-17-4-6-18(7-5-17)22(25)23-20-14-19(26-2)8-9-21(20)27-3/h4-9,14,16H,10-13,15H2,1-3H3,(H,23,25). The Morgan fingerprint density at radius 3 is 2.41 bits per heavy atom. The Morgan fingerprint density at radius 1 is 1.07 bits per heavy atom. The van der Waals surface area contributed by atoms with Crippen molar-refractivity contribution in [2.75, 3.05) is 32.6 Å². The molecule has 1 amide bonds. The van der Waals surface area contributed by atoms with Crippen LogP contribution in [-0.4, -0.2) is 38.1 Å². The van der Waals surface area contributed by atoms with Gasteiger partial charge in [0.1, 0.15) is 11.5 Å². The average molecular weight is 368 g/mol. The Labute approximate surface area is 161 Å². The minimum atomic E-state index is -0.167. The van der Waals surface area contributed by atoms with Gasteiger partial charge < -0.3 is 14.8 Å². The van der Waals surface area contributed by atoms with E-state index in [-0.39, 0.29) is 5.91 Å². The molecule has 144 valence electrons. The normalized spacial score (nSPS) is 15.4. The predicted octanol–water partition coefficient (Wildman–Crippen LogP) is 4.19. The summed E-state index contributed by atoms with van der Waals surface area (Å²) >= 11 is 0. The second-order valence-electron chi connectivity index (χ2n) is 7.18. The van der Waals surface area contributed by atoms with E-state index in [9.17, 15) is 4.79 Å². The molecule has 0 aromatic heterocycles. The lowest BCUT2D eigenvalue weighted by Crippen LogP contribution is -2.32. The predicted molar refractivity (Wildman–Crippen MR) is 108 cm³/mol. The molecular weight excluding hydrogens is 340 g/mol. The molecule has 1 N–H and O–H groups in total. The number of likely N-dealkylation sites (tertiary alicyclic amines) is 1. The van der Waals surface area contributed by atoms with Crippen molar-refractivity contribution in [2.24, 2.45) is 5.92 Å². The van der Waals surface area contributed by atoms with Gasteiger partial charge in [0.2, 0.25) is 0 Å². The van der Waals surface area contributed by atoms with Gasteiger partial charge in [-0.15, -0.1) is 0 Å². The van der Waals surface area contributed by atoms with Crippen LogP contribution in [0.1, 0.15) is 35.7 Å². The molecule has 1 aliphatic heterocycles. The van der Waals surface area contributed by atoms with Crippen molar-refractivity contribution in [1.29, 1.82) is 0 Å². The number of ether oxygens (including phenoxy) is 2. The van der Waals surface area contributed by atoms with E-state index in [1.54, 1.807) is 32.4 Å². The number of hydrogen-bond acceptors (Lipinski definition) is 4. The van der Waals surface area contributed by atoms with Gasteiger partial charge in [-0.05, 0) is 61.7 Å². The van der Waals surface area contributed by atoms with Gasteiger partial charge in [0.05, 0.1) is 19.9 Å². The Morgan fingerprint density at radius 2 is 1.78 bits per heavy atom. The molecule has 1 fully saturated rings. The largest absolute Gasteiger partial charge is 0.497 e. The summed E-state index contributed by atoms with van der Waals surface area (Å²) in [7, 11) is 3.17. The van der Waals surface area contributed by atoms with Crippen molar-refractivity contribution < 1.29 is 14.3 Å². The summed E-state index contributed by atoms with van der Waals surface area (Å²) in [4.78, 5) is 15.1. The maximum atomic E-state index is 12.6. The Balaban J connectivity index is 1.64. The highest BCUT2D eigenvalue weighted by Gasteiger charge is 2.16. The second-order valence-corrected chi connectivity index (χ2v) is 7.18. The molecule has 3 rings (SSSR count). The van der Waals surface area contributed by atoms with Crippen LogP contribution in [0, 0.1) is 5.92 Å². The van der Waals surface area contributed by atoms with Crippen molar-refractivity contribution in [3.05, 3.63) is 53.6 Å². The molecule has 2 aromatic rings. The van der Waals surface area contributed by atoms with E-state index in [0.717, 1.165) is 25.6 Å². The van der Waals surface area contributed by atoms with Crippen LogP contribution in [0.25, 0.3) is 0 Å². The first-order valence-corrected chi connectivity index (χ1v) is 9.43. The van der Waals surface area contributed by atoms with Crippen LogP contribution in [-0.2, 0) is 6.54 Å². The first-order chi connectivity index (χ1) is 13.1. The minimum absolute atomic E-state index is 0.167. The molecule has 27 heavy (non-hydrogen) atoms. The van der Waals surface area contributed by atoms with E-state index in [1.807, 2.05) is 24.3 Å². The number of piperidine rings is 1. The lowest BCUT2D eigenvalue weighted by atomic mass is 9.99. The van der Waals surface area contributed by atoms with Gasteiger partial charge in [-0.1, -0.05) is 19.1 Å². The van der Waals surface area contributed by atoms with Gasteiger partial charge in [0.25, 0.3) is 5.91 Å². The van der Waals surface area contributed by atoms with Gasteiger partial charge >= 0.3 is 0 Å². The van der Waals surface area contributed by atoms with Crippen LogP contribution in [0.2, 0.25) is 0 Å². The highest BCUT2D eigenvalue weighted by Crippen LogP contribution is 2.29. The van der Waals surface area contributed by atoms with E-state index in [0.29, 0.717) is 22.7 Å². The maximum Gasteiger partial charge on any atom is 0.255 e. The summed E-state index contributed by atoms with van der Waals surface area (Å²) in [6.07, 6.45) is 2.53. The van der Waals surface area contributed by atoms with E-state index in [4.69, 9.17) is 9.47 Å². The highest BCUT2D eigenvalue weighted by atomic mass is 16.5. The molecule has 5 heteroatoms.